The number of carbonyl (C=O) groups excluding carboxylic acids is 1. The first-order valence-corrected chi connectivity index (χ1v) is 9.11. The van der Waals surface area contributed by atoms with Gasteiger partial charge in [0, 0.05) is 6.42 Å². The maximum Gasteiger partial charge on any atom is 0.425 e. The van der Waals surface area contributed by atoms with Crippen molar-refractivity contribution in [3.8, 4) is 11.8 Å². The van der Waals surface area contributed by atoms with Crippen molar-refractivity contribution in [3.05, 3.63) is 0 Å². The predicted octanol–water partition coefficient (Wildman–Crippen LogP) is 2.41. The maximum atomic E-state index is 12.4. The molecular weight excluding hydrogens is 304 g/mol. The molecule has 0 aromatic carbocycles. The molecule has 1 heterocycles. The van der Waals surface area contributed by atoms with Gasteiger partial charge in [0.05, 0.1) is 12.6 Å². The summed E-state index contributed by atoms with van der Waals surface area (Å²) in [5.41, 5.74) is -0.749. The molecule has 6 nitrogen and oxygen atoms in total. The van der Waals surface area contributed by atoms with Gasteiger partial charge in [-0.1, -0.05) is 38.0 Å². The Morgan fingerprint density at radius 1 is 1.36 bits per heavy atom. The molecular formula is C15H26N2O4S. The molecule has 1 aliphatic rings. The van der Waals surface area contributed by atoms with Crippen LogP contribution in [-0.2, 0) is 14.9 Å². The number of hydrogen-bond acceptors (Lipinski definition) is 4. The van der Waals surface area contributed by atoms with Crippen LogP contribution in [0.1, 0.15) is 59.8 Å². The van der Waals surface area contributed by atoms with Crippen LogP contribution >= 0.6 is 0 Å². The van der Waals surface area contributed by atoms with E-state index in [-0.39, 0.29) is 6.54 Å². The molecule has 1 atom stereocenters. The topological polar surface area (TPSA) is 75.7 Å². The first-order valence-electron chi connectivity index (χ1n) is 7.67. The van der Waals surface area contributed by atoms with Crippen molar-refractivity contribution in [3.63, 3.8) is 0 Å². The third-order valence-corrected chi connectivity index (χ3v) is 4.49. The summed E-state index contributed by atoms with van der Waals surface area (Å²) in [6.07, 6.45) is 3.06. The lowest BCUT2D eigenvalue weighted by molar-refractivity contribution is 0.0391. The summed E-state index contributed by atoms with van der Waals surface area (Å²) in [6, 6.07) is -0.457. The molecule has 22 heavy (non-hydrogen) atoms. The summed E-state index contributed by atoms with van der Waals surface area (Å²) in [6.45, 7) is 7.17. The quantitative estimate of drug-likeness (QED) is 0.634. The second-order valence-electron chi connectivity index (χ2n) is 6.29. The summed E-state index contributed by atoms with van der Waals surface area (Å²) < 4.78 is 33.1. The van der Waals surface area contributed by atoms with E-state index in [1.165, 1.54) is 0 Å². The van der Waals surface area contributed by atoms with E-state index >= 15 is 0 Å². The fraction of sp³-hybridized carbons (Fsp3) is 0.800. The van der Waals surface area contributed by atoms with Crippen molar-refractivity contribution in [1.29, 1.82) is 0 Å². The van der Waals surface area contributed by atoms with Crippen LogP contribution in [0.15, 0.2) is 0 Å². The minimum absolute atomic E-state index is 0.00106. The Kier molecular flexibility index (Phi) is 6.69. The van der Waals surface area contributed by atoms with Crippen molar-refractivity contribution in [2.75, 3.05) is 6.54 Å². The number of unbranched alkanes of at least 4 members (excludes halogenated alkanes) is 2. The Hall–Kier alpha value is -1.26. The Bertz CT molecular complexity index is 540. The fourth-order valence-corrected chi connectivity index (χ4v) is 3.21. The zero-order valence-electron chi connectivity index (χ0n) is 13.8. The minimum atomic E-state index is -3.93. The summed E-state index contributed by atoms with van der Waals surface area (Å²) in [7, 11) is -3.93. The van der Waals surface area contributed by atoms with E-state index < -0.39 is 27.9 Å². The van der Waals surface area contributed by atoms with Gasteiger partial charge < -0.3 is 4.74 Å². The van der Waals surface area contributed by atoms with Crippen LogP contribution in [-0.4, -0.2) is 37.0 Å². The van der Waals surface area contributed by atoms with Crippen LogP contribution in [0.4, 0.5) is 4.79 Å². The van der Waals surface area contributed by atoms with Gasteiger partial charge >= 0.3 is 16.3 Å². The summed E-state index contributed by atoms with van der Waals surface area (Å²) in [5.74, 6) is 5.85. The van der Waals surface area contributed by atoms with Gasteiger partial charge in [-0.3, -0.25) is 0 Å². The standard InChI is InChI=1S/C15H26N2O4S/c1-5-6-7-10-13-11-8-9-12-17(22(19,20)16-13)14(18)21-15(2,3)4/h13,16H,5-7,9-10,12H2,1-4H3. The molecule has 0 aromatic heterocycles. The zero-order chi connectivity index (χ0) is 16.8. The van der Waals surface area contributed by atoms with Crippen LogP contribution in [0.25, 0.3) is 0 Å². The van der Waals surface area contributed by atoms with E-state index in [9.17, 15) is 13.2 Å². The molecule has 1 rings (SSSR count). The molecule has 0 aliphatic carbocycles. The van der Waals surface area contributed by atoms with Gasteiger partial charge in [0.15, 0.2) is 0 Å². The van der Waals surface area contributed by atoms with Crippen molar-refractivity contribution < 1.29 is 17.9 Å². The molecule has 7 heteroatoms. The highest BCUT2D eigenvalue weighted by Crippen LogP contribution is 2.14. The molecule has 1 aliphatic heterocycles. The molecule has 0 bridgehead atoms. The lowest BCUT2D eigenvalue weighted by Gasteiger charge is -2.28. The SMILES string of the molecule is CCCCCC1C#CCCN(C(=O)OC(C)(C)C)S(=O)(=O)N1. The second-order valence-corrected chi connectivity index (χ2v) is 7.92. The van der Waals surface area contributed by atoms with E-state index in [2.05, 4.69) is 23.5 Å². The Labute approximate surface area is 133 Å². The highest BCUT2D eigenvalue weighted by molar-refractivity contribution is 7.87. The Morgan fingerprint density at radius 3 is 2.64 bits per heavy atom. The Morgan fingerprint density at radius 2 is 2.05 bits per heavy atom. The van der Waals surface area contributed by atoms with Crippen molar-refractivity contribution in [2.24, 2.45) is 0 Å². The van der Waals surface area contributed by atoms with Gasteiger partial charge in [0.25, 0.3) is 0 Å². The molecule has 0 spiro atoms. The zero-order valence-corrected chi connectivity index (χ0v) is 14.6. The van der Waals surface area contributed by atoms with Gasteiger partial charge in [0.2, 0.25) is 0 Å². The maximum absolute atomic E-state index is 12.4. The van der Waals surface area contributed by atoms with Crippen LogP contribution in [0.3, 0.4) is 0 Å². The van der Waals surface area contributed by atoms with Crippen molar-refractivity contribution in [2.45, 2.75) is 71.4 Å². The van der Waals surface area contributed by atoms with Gasteiger partial charge in [-0.15, -0.1) is 0 Å². The first-order chi connectivity index (χ1) is 10.2. The van der Waals surface area contributed by atoms with Gasteiger partial charge in [-0.2, -0.15) is 17.4 Å². The number of amides is 1. The van der Waals surface area contributed by atoms with Crippen molar-refractivity contribution >= 4 is 16.3 Å². The largest absolute Gasteiger partial charge is 0.443 e. The van der Waals surface area contributed by atoms with E-state index in [0.717, 1.165) is 23.6 Å². The second kappa shape index (κ2) is 7.84. The number of hydrogen-bond donors (Lipinski definition) is 1. The van der Waals surface area contributed by atoms with Gasteiger partial charge in [0.1, 0.15) is 5.60 Å². The smallest absolute Gasteiger partial charge is 0.425 e. The van der Waals surface area contributed by atoms with Crippen LogP contribution in [0.5, 0.6) is 0 Å². The third-order valence-electron chi connectivity index (χ3n) is 2.99. The molecule has 1 unspecified atom stereocenters. The molecule has 0 saturated carbocycles. The average molecular weight is 330 g/mol. The van der Waals surface area contributed by atoms with Crippen LogP contribution < -0.4 is 4.72 Å². The van der Waals surface area contributed by atoms with E-state index in [0.29, 0.717) is 12.8 Å². The summed E-state index contributed by atoms with van der Waals surface area (Å²) in [5, 5.41) is 0. The average Bonchev–Trinajstić information content (AvgIpc) is 2.33. The van der Waals surface area contributed by atoms with E-state index in [4.69, 9.17) is 4.74 Å². The number of nitrogens with zero attached hydrogens (tertiary/aromatic N) is 1. The highest BCUT2D eigenvalue weighted by Gasteiger charge is 2.33. The van der Waals surface area contributed by atoms with Gasteiger partial charge in [-0.25, -0.2) is 4.79 Å². The molecule has 0 aromatic rings. The summed E-state index contributed by atoms with van der Waals surface area (Å²) >= 11 is 0. The summed E-state index contributed by atoms with van der Waals surface area (Å²) in [4.78, 5) is 12.1. The predicted molar refractivity (Wildman–Crippen MR) is 85.3 cm³/mol. The monoisotopic (exact) mass is 330 g/mol. The number of ether oxygens (including phenoxy) is 1. The van der Waals surface area contributed by atoms with Crippen LogP contribution in [0, 0.1) is 11.8 Å². The molecule has 0 fully saturated rings. The minimum Gasteiger partial charge on any atom is -0.443 e. The number of rotatable bonds is 4. The van der Waals surface area contributed by atoms with Gasteiger partial charge in [-0.05, 0) is 27.2 Å². The number of carbonyl (C=O) groups is 1. The third kappa shape index (κ3) is 6.24. The molecule has 0 radical (unpaired) electrons. The molecule has 1 N–H and O–H groups in total. The van der Waals surface area contributed by atoms with Crippen LogP contribution in [0.2, 0.25) is 0 Å². The lowest BCUT2D eigenvalue weighted by atomic mass is 10.1. The van der Waals surface area contributed by atoms with Crippen molar-refractivity contribution in [1.82, 2.24) is 9.03 Å². The number of nitrogens with one attached hydrogen (secondary N) is 1. The molecule has 0 saturated heterocycles. The highest BCUT2D eigenvalue weighted by atomic mass is 32.2. The normalized spacial score (nSPS) is 21.3. The van der Waals surface area contributed by atoms with E-state index in [1.807, 2.05) is 0 Å². The fourth-order valence-electron chi connectivity index (χ4n) is 1.98. The Balaban J connectivity index is 2.83. The molecule has 1 amide bonds. The van der Waals surface area contributed by atoms with E-state index in [1.54, 1.807) is 20.8 Å². The molecule has 126 valence electrons. The lowest BCUT2D eigenvalue weighted by Crippen LogP contribution is -2.50. The first kappa shape index (κ1) is 18.8.